The van der Waals surface area contributed by atoms with E-state index in [1.54, 1.807) is 13.2 Å². The third-order valence-corrected chi connectivity index (χ3v) is 7.08. The van der Waals surface area contributed by atoms with Gasteiger partial charge in [0.15, 0.2) is 9.84 Å². The number of carbonyl (C=O) groups excluding carboxylic acids is 1. The Morgan fingerprint density at radius 2 is 2.08 bits per heavy atom. The zero-order chi connectivity index (χ0) is 18.0. The highest BCUT2D eigenvalue weighted by molar-refractivity contribution is 7.91. The predicted octanol–water partition coefficient (Wildman–Crippen LogP) is 1.50. The molecule has 3 heterocycles. The van der Waals surface area contributed by atoms with Gasteiger partial charge in [0.05, 0.1) is 23.9 Å². The van der Waals surface area contributed by atoms with Crippen LogP contribution in [0.25, 0.3) is 0 Å². The number of rotatable bonds is 4. The van der Waals surface area contributed by atoms with Crippen LogP contribution in [0.4, 0.5) is 5.82 Å². The third kappa shape index (κ3) is 3.94. The number of sulfone groups is 1. The summed E-state index contributed by atoms with van der Waals surface area (Å²) in [5.74, 6) is 0.723. The van der Waals surface area contributed by atoms with E-state index in [0.29, 0.717) is 12.5 Å². The molecule has 0 N–H and O–H groups in total. The average Bonchev–Trinajstić information content (AvgIpc) is 3.00. The van der Waals surface area contributed by atoms with Crippen molar-refractivity contribution in [3.8, 4) is 0 Å². The lowest BCUT2D eigenvalue weighted by molar-refractivity contribution is 0.0741. The van der Waals surface area contributed by atoms with E-state index < -0.39 is 9.84 Å². The summed E-state index contributed by atoms with van der Waals surface area (Å²) in [4.78, 5) is 25.1. The van der Waals surface area contributed by atoms with Crippen LogP contribution in [0.1, 0.15) is 49.5 Å². The fourth-order valence-corrected chi connectivity index (χ4v) is 5.51. The highest BCUT2D eigenvalue weighted by Crippen LogP contribution is 2.24. The fraction of sp³-hybridized carbons (Fsp3) is 0.706. The molecule has 0 bridgehead atoms. The van der Waals surface area contributed by atoms with Crippen LogP contribution < -0.4 is 4.90 Å². The molecule has 1 aromatic heterocycles. The number of hydrogen-bond donors (Lipinski definition) is 0. The SMILES string of the molecule is CCC1CCCCN1c1cnc(C(=O)N(C)C2CCS(=O)(=O)C2)cn1. The monoisotopic (exact) mass is 366 g/mol. The second-order valence-corrected chi connectivity index (χ2v) is 9.21. The van der Waals surface area contributed by atoms with Gasteiger partial charge in [-0.15, -0.1) is 0 Å². The quantitative estimate of drug-likeness (QED) is 0.803. The first kappa shape index (κ1) is 18.1. The molecule has 2 atom stereocenters. The Morgan fingerprint density at radius 3 is 2.68 bits per heavy atom. The molecular weight excluding hydrogens is 340 g/mol. The molecule has 0 spiro atoms. The van der Waals surface area contributed by atoms with Crippen molar-refractivity contribution in [2.24, 2.45) is 0 Å². The highest BCUT2D eigenvalue weighted by atomic mass is 32.2. The van der Waals surface area contributed by atoms with Crippen LogP contribution in [0.5, 0.6) is 0 Å². The van der Waals surface area contributed by atoms with Crippen LogP contribution >= 0.6 is 0 Å². The van der Waals surface area contributed by atoms with Gasteiger partial charge in [0.25, 0.3) is 5.91 Å². The molecule has 2 aliphatic rings. The number of carbonyl (C=O) groups is 1. The Kier molecular flexibility index (Phi) is 5.27. The summed E-state index contributed by atoms with van der Waals surface area (Å²) in [5, 5.41) is 0. The Morgan fingerprint density at radius 1 is 1.28 bits per heavy atom. The molecule has 2 saturated heterocycles. The van der Waals surface area contributed by atoms with Crippen molar-refractivity contribution < 1.29 is 13.2 Å². The number of nitrogens with zero attached hydrogens (tertiary/aromatic N) is 4. The lowest BCUT2D eigenvalue weighted by Gasteiger charge is -2.36. The van der Waals surface area contributed by atoms with Gasteiger partial charge < -0.3 is 9.80 Å². The maximum absolute atomic E-state index is 12.6. The topological polar surface area (TPSA) is 83.5 Å². The summed E-state index contributed by atoms with van der Waals surface area (Å²) in [6.07, 6.45) is 8.30. The normalized spacial score (nSPS) is 25.8. The summed E-state index contributed by atoms with van der Waals surface area (Å²) in [6, 6.07) is 0.210. The van der Waals surface area contributed by atoms with E-state index >= 15 is 0 Å². The van der Waals surface area contributed by atoms with Gasteiger partial charge >= 0.3 is 0 Å². The summed E-state index contributed by atoms with van der Waals surface area (Å²) in [6.45, 7) is 3.15. The minimum atomic E-state index is -3.02. The van der Waals surface area contributed by atoms with E-state index in [1.807, 2.05) is 0 Å². The number of anilines is 1. The maximum Gasteiger partial charge on any atom is 0.274 e. The van der Waals surface area contributed by atoms with Crippen molar-refractivity contribution in [2.45, 2.75) is 51.1 Å². The molecule has 2 aliphatic heterocycles. The third-order valence-electron chi connectivity index (χ3n) is 5.33. The summed E-state index contributed by atoms with van der Waals surface area (Å²) >= 11 is 0. The average molecular weight is 366 g/mol. The molecule has 0 saturated carbocycles. The molecule has 25 heavy (non-hydrogen) atoms. The van der Waals surface area contributed by atoms with Gasteiger partial charge in [-0.1, -0.05) is 6.92 Å². The zero-order valence-electron chi connectivity index (χ0n) is 14.9. The fourth-order valence-electron chi connectivity index (χ4n) is 3.73. The Hall–Kier alpha value is -1.70. The molecule has 1 amide bonds. The van der Waals surface area contributed by atoms with E-state index in [4.69, 9.17) is 0 Å². The molecule has 0 aliphatic carbocycles. The van der Waals surface area contributed by atoms with E-state index in [1.165, 1.54) is 17.5 Å². The van der Waals surface area contributed by atoms with Crippen molar-refractivity contribution in [3.63, 3.8) is 0 Å². The second kappa shape index (κ2) is 7.27. The molecule has 0 radical (unpaired) electrons. The molecule has 7 nitrogen and oxygen atoms in total. The Bertz CT molecular complexity index is 720. The van der Waals surface area contributed by atoms with Crippen LogP contribution in [0.2, 0.25) is 0 Å². The second-order valence-electron chi connectivity index (χ2n) is 6.98. The molecule has 2 unspecified atom stereocenters. The molecule has 8 heteroatoms. The highest BCUT2D eigenvalue weighted by Gasteiger charge is 2.33. The maximum atomic E-state index is 12.6. The lowest BCUT2D eigenvalue weighted by Crippen LogP contribution is -2.40. The van der Waals surface area contributed by atoms with Crippen LogP contribution in [-0.2, 0) is 9.84 Å². The van der Waals surface area contributed by atoms with Crippen LogP contribution in [-0.4, -0.2) is 66.4 Å². The molecule has 138 valence electrons. The minimum absolute atomic E-state index is 0.0344. The number of aromatic nitrogens is 2. The van der Waals surface area contributed by atoms with Gasteiger partial charge in [0, 0.05) is 25.7 Å². The molecule has 3 rings (SSSR count). The van der Waals surface area contributed by atoms with E-state index in [2.05, 4.69) is 21.8 Å². The van der Waals surface area contributed by atoms with Crippen molar-refractivity contribution in [1.82, 2.24) is 14.9 Å². The van der Waals surface area contributed by atoms with Crippen molar-refractivity contribution in [3.05, 3.63) is 18.1 Å². The Labute approximate surface area is 149 Å². The number of amides is 1. The number of piperidine rings is 1. The lowest BCUT2D eigenvalue weighted by atomic mass is 10.0. The molecule has 1 aromatic rings. The summed E-state index contributed by atoms with van der Waals surface area (Å²) in [7, 11) is -1.38. The summed E-state index contributed by atoms with van der Waals surface area (Å²) in [5.41, 5.74) is 0.264. The van der Waals surface area contributed by atoms with E-state index in [0.717, 1.165) is 31.6 Å². The largest absolute Gasteiger partial charge is 0.352 e. The molecule has 0 aromatic carbocycles. The van der Waals surface area contributed by atoms with E-state index in [-0.39, 0.29) is 29.1 Å². The minimum Gasteiger partial charge on any atom is -0.352 e. The first-order chi connectivity index (χ1) is 11.9. The summed E-state index contributed by atoms with van der Waals surface area (Å²) < 4.78 is 23.2. The van der Waals surface area contributed by atoms with Crippen LogP contribution in [0.3, 0.4) is 0 Å². The number of hydrogen-bond acceptors (Lipinski definition) is 6. The van der Waals surface area contributed by atoms with Crippen molar-refractivity contribution >= 4 is 21.6 Å². The standard InChI is InChI=1S/C17H26N4O3S/c1-3-13-6-4-5-8-21(13)16-11-18-15(10-19-16)17(22)20(2)14-7-9-25(23,24)12-14/h10-11,13-14H,3-9,12H2,1-2H3. The van der Waals surface area contributed by atoms with Gasteiger partial charge in [-0.3, -0.25) is 4.79 Å². The zero-order valence-corrected chi connectivity index (χ0v) is 15.7. The Balaban J connectivity index is 1.70. The van der Waals surface area contributed by atoms with Crippen molar-refractivity contribution in [1.29, 1.82) is 0 Å². The van der Waals surface area contributed by atoms with Gasteiger partial charge in [0.2, 0.25) is 0 Å². The van der Waals surface area contributed by atoms with Gasteiger partial charge in [-0.2, -0.15) is 0 Å². The first-order valence-corrected chi connectivity index (χ1v) is 10.8. The van der Waals surface area contributed by atoms with Gasteiger partial charge in [-0.05, 0) is 32.1 Å². The molecule has 2 fully saturated rings. The predicted molar refractivity (Wildman–Crippen MR) is 96.5 cm³/mol. The van der Waals surface area contributed by atoms with E-state index in [9.17, 15) is 13.2 Å². The van der Waals surface area contributed by atoms with Gasteiger partial charge in [-0.25, -0.2) is 18.4 Å². The van der Waals surface area contributed by atoms with Crippen molar-refractivity contribution in [2.75, 3.05) is 30.0 Å². The smallest absolute Gasteiger partial charge is 0.274 e. The van der Waals surface area contributed by atoms with Crippen LogP contribution in [0.15, 0.2) is 12.4 Å². The van der Waals surface area contributed by atoms with Crippen LogP contribution in [0, 0.1) is 0 Å². The molecular formula is C17H26N4O3S. The van der Waals surface area contributed by atoms with Gasteiger partial charge in [0.1, 0.15) is 11.5 Å². The first-order valence-electron chi connectivity index (χ1n) is 8.97.